The quantitative estimate of drug-likeness (QED) is 0.933. The molecule has 1 unspecified atom stereocenters. The van der Waals surface area contributed by atoms with Gasteiger partial charge in [0.1, 0.15) is 5.82 Å². The first kappa shape index (κ1) is 17.1. The third-order valence-electron chi connectivity index (χ3n) is 4.11. The van der Waals surface area contributed by atoms with Crippen LogP contribution < -0.4 is 5.32 Å². The Balaban J connectivity index is 1.67. The van der Waals surface area contributed by atoms with E-state index in [1.165, 1.54) is 24.3 Å². The molecule has 5 nitrogen and oxygen atoms in total. The Morgan fingerprint density at radius 2 is 1.92 bits per heavy atom. The number of ether oxygens (including phenoxy) is 1. The molecule has 6 heteroatoms. The second kappa shape index (κ2) is 7.44. The molecule has 1 atom stereocenters. The van der Waals surface area contributed by atoms with Gasteiger partial charge in [-0.2, -0.15) is 0 Å². The van der Waals surface area contributed by atoms with Crippen LogP contribution in [0.1, 0.15) is 27.6 Å². The van der Waals surface area contributed by atoms with Crippen LogP contribution in [0.5, 0.6) is 0 Å². The molecule has 0 bridgehead atoms. The lowest BCUT2D eigenvalue weighted by Gasteiger charge is -2.33. The number of hydrogen-bond donors (Lipinski definition) is 1. The smallest absolute Gasteiger partial charge is 0.255 e. The molecule has 3 rings (SSSR count). The van der Waals surface area contributed by atoms with Crippen molar-refractivity contribution < 1.29 is 18.7 Å². The lowest BCUT2D eigenvalue weighted by molar-refractivity contribution is 0.00359. The molecule has 2 aromatic rings. The summed E-state index contributed by atoms with van der Waals surface area (Å²) in [6, 6.07) is 12.2. The van der Waals surface area contributed by atoms with Gasteiger partial charge >= 0.3 is 0 Å². The fourth-order valence-electron chi connectivity index (χ4n) is 2.72. The molecule has 130 valence electrons. The predicted octanol–water partition coefficient (Wildman–Crippen LogP) is 2.94. The first-order valence-electron chi connectivity index (χ1n) is 8.10. The van der Waals surface area contributed by atoms with Gasteiger partial charge in [-0.25, -0.2) is 4.39 Å². The van der Waals surface area contributed by atoms with Crippen molar-refractivity contribution in [3.63, 3.8) is 0 Å². The van der Waals surface area contributed by atoms with Crippen LogP contribution in [0.4, 0.5) is 10.1 Å². The van der Waals surface area contributed by atoms with Crippen LogP contribution in [0, 0.1) is 5.82 Å². The Kier molecular flexibility index (Phi) is 5.09. The average Bonchev–Trinajstić information content (AvgIpc) is 2.62. The number of hydrogen-bond acceptors (Lipinski definition) is 3. The van der Waals surface area contributed by atoms with Crippen molar-refractivity contribution in [3.8, 4) is 0 Å². The van der Waals surface area contributed by atoms with Crippen LogP contribution >= 0.6 is 0 Å². The lowest BCUT2D eigenvalue weighted by atomic mass is 10.1. The van der Waals surface area contributed by atoms with Crippen LogP contribution in [0.15, 0.2) is 48.5 Å². The summed E-state index contributed by atoms with van der Waals surface area (Å²) in [7, 11) is 0. The molecule has 1 fully saturated rings. The zero-order valence-corrected chi connectivity index (χ0v) is 13.9. The molecule has 1 saturated heterocycles. The number of halogens is 1. The minimum absolute atomic E-state index is 0.0357. The number of benzene rings is 2. The van der Waals surface area contributed by atoms with Crippen molar-refractivity contribution in [2.24, 2.45) is 0 Å². The molecule has 0 spiro atoms. The van der Waals surface area contributed by atoms with E-state index in [2.05, 4.69) is 5.32 Å². The van der Waals surface area contributed by atoms with E-state index in [9.17, 15) is 14.0 Å². The maximum Gasteiger partial charge on any atom is 0.255 e. The Morgan fingerprint density at radius 1 is 1.16 bits per heavy atom. The summed E-state index contributed by atoms with van der Waals surface area (Å²) in [5, 5.41) is 2.69. The first-order valence-corrected chi connectivity index (χ1v) is 8.10. The fourth-order valence-corrected chi connectivity index (χ4v) is 2.72. The number of rotatable bonds is 3. The zero-order chi connectivity index (χ0) is 17.8. The van der Waals surface area contributed by atoms with E-state index in [1.54, 1.807) is 29.2 Å². The summed E-state index contributed by atoms with van der Waals surface area (Å²) >= 11 is 0. The maximum absolute atomic E-state index is 13.2. The molecule has 0 saturated carbocycles. The van der Waals surface area contributed by atoms with E-state index >= 15 is 0 Å². The minimum atomic E-state index is -0.465. The third-order valence-corrected chi connectivity index (χ3v) is 4.11. The Labute approximate surface area is 145 Å². The lowest BCUT2D eigenvalue weighted by Crippen LogP contribution is -2.47. The van der Waals surface area contributed by atoms with Gasteiger partial charge in [-0.15, -0.1) is 0 Å². The van der Waals surface area contributed by atoms with Crippen molar-refractivity contribution in [2.75, 3.05) is 25.1 Å². The predicted molar refractivity (Wildman–Crippen MR) is 92.1 cm³/mol. The van der Waals surface area contributed by atoms with Gasteiger partial charge in [0.15, 0.2) is 0 Å². The van der Waals surface area contributed by atoms with Gasteiger partial charge < -0.3 is 15.0 Å². The Bertz CT molecular complexity index is 776. The minimum Gasteiger partial charge on any atom is -0.377 e. The highest BCUT2D eigenvalue weighted by molar-refractivity contribution is 6.04. The molecule has 2 aromatic carbocycles. The average molecular weight is 342 g/mol. The van der Waals surface area contributed by atoms with Crippen LogP contribution in [0.25, 0.3) is 0 Å². The highest BCUT2D eigenvalue weighted by Crippen LogP contribution is 2.16. The molecule has 1 aliphatic heterocycles. The van der Waals surface area contributed by atoms with Gasteiger partial charge in [0.2, 0.25) is 0 Å². The zero-order valence-electron chi connectivity index (χ0n) is 13.9. The second-order valence-corrected chi connectivity index (χ2v) is 5.96. The van der Waals surface area contributed by atoms with Crippen LogP contribution in [0.3, 0.4) is 0 Å². The summed E-state index contributed by atoms with van der Waals surface area (Å²) in [5.74, 6) is -0.924. The number of carbonyl (C=O) groups excluding carboxylic acids is 2. The maximum atomic E-state index is 13.2. The largest absolute Gasteiger partial charge is 0.377 e. The molecule has 0 radical (unpaired) electrons. The van der Waals surface area contributed by atoms with Crippen molar-refractivity contribution in [3.05, 3.63) is 65.5 Å². The standard InChI is InChI=1S/C19H19FN2O3/c1-13-12-25-10-9-22(13)19(24)14-5-7-17(8-6-14)21-18(23)15-3-2-4-16(20)11-15/h2-8,11,13H,9-10,12H2,1H3,(H,21,23). The molecule has 0 aromatic heterocycles. The first-order chi connectivity index (χ1) is 12.0. The van der Waals surface area contributed by atoms with Crippen molar-refractivity contribution >= 4 is 17.5 Å². The monoisotopic (exact) mass is 342 g/mol. The van der Waals surface area contributed by atoms with Crippen molar-refractivity contribution in [1.29, 1.82) is 0 Å². The number of nitrogens with one attached hydrogen (secondary N) is 1. The normalized spacial score (nSPS) is 17.2. The van der Waals surface area contributed by atoms with Crippen LogP contribution in [0.2, 0.25) is 0 Å². The second-order valence-electron chi connectivity index (χ2n) is 5.96. The summed E-state index contributed by atoms with van der Waals surface area (Å²) in [5.41, 5.74) is 1.33. The number of morpholine rings is 1. The van der Waals surface area contributed by atoms with E-state index in [-0.39, 0.29) is 17.5 Å². The van der Waals surface area contributed by atoms with E-state index in [0.29, 0.717) is 31.0 Å². The summed E-state index contributed by atoms with van der Waals surface area (Å²) in [6.45, 7) is 3.59. The van der Waals surface area contributed by atoms with E-state index < -0.39 is 11.7 Å². The molecule has 1 heterocycles. The van der Waals surface area contributed by atoms with Gasteiger partial charge in [0.05, 0.1) is 19.3 Å². The SMILES string of the molecule is CC1COCCN1C(=O)c1ccc(NC(=O)c2cccc(F)c2)cc1. The van der Waals surface area contributed by atoms with Gasteiger partial charge in [0, 0.05) is 23.4 Å². The Morgan fingerprint density at radius 3 is 2.60 bits per heavy atom. The molecular weight excluding hydrogens is 323 g/mol. The Hall–Kier alpha value is -2.73. The van der Waals surface area contributed by atoms with Crippen molar-refractivity contribution in [1.82, 2.24) is 4.90 Å². The van der Waals surface area contributed by atoms with Crippen LogP contribution in [-0.4, -0.2) is 42.5 Å². The van der Waals surface area contributed by atoms with Gasteiger partial charge in [-0.1, -0.05) is 6.07 Å². The van der Waals surface area contributed by atoms with Gasteiger partial charge in [-0.3, -0.25) is 9.59 Å². The third kappa shape index (κ3) is 4.03. The van der Waals surface area contributed by atoms with E-state index in [4.69, 9.17) is 4.74 Å². The number of nitrogens with zero attached hydrogens (tertiary/aromatic N) is 1. The van der Waals surface area contributed by atoms with E-state index in [0.717, 1.165) is 0 Å². The summed E-state index contributed by atoms with van der Waals surface area (Å²) in [6.07, 6.45) is 0. The topological polar surface area (TPSA) is 58.6 Å². The molecule has 1 N–H and O–H groups in total. The molecule has 25 heavy (non-hydrogen) atoms. The molecule has 1 aliphatic rings. The fraction of sp³-hybridized carbons (Fsp3) is 0.263. The number of carbonyl (C=O) groups is 2. The van der Waals surface area contributed by atoms with E-state index in [1.807, 2.05) is 6.92 Å². The number of anilines is 1. The summed E-state index contributed by atoms with van der Waals surface area (Å²) in [4.78, 5) is 26.4. The van der Waals surface area contributed by atoms with Crippen LogP contribution in [-0.2, 0) is 4.74 Å². The molecular formula is C19H19FN2O3. The van der Waals surface area contributed by atoms with Gasteiger partial charge in [-0.05, 0) is 49.4 Å². The number of amides is 2. The molecule has 2 amide bonds. The van der Waals surface area contributed by atoms with Crippen molar-refractivity contribution in [2.45, 2.75) is 13.0 Å². The highest BCUT2D eigenvalue weighted by atomic mass is 19.1. The van der Waals surface area contributed by atoms with Gasteiger partial charge in [0.25, 0.3) is 11.8 Å². The molecule has 0 aliphatic carbocycles. The summed E-state index contributed by atoms with van der Waals surface area (Å²) < 4.78 is 18.5. The highest BCUT2D eigenvalue weighted by Gasteiger charge is 2.24.